The molecule has 8 heteroatoms. The highest BCUT2D eigenvalue weighted by molar-refractivity contribution is 6.30. The topological polar surface area (TPSA) is 57.5 Å². The Balaban J connectivity index is 1.25. The molecule has 0 atom stereocenters. The fraction of sp³-hybridized carbons (Fsp3) is 0.550. The van der Waals surface area contributed by atoms with E-state index < -0.39 is 0 Å². The molecule has 4 heterocycles. The molecule has 3 aliphatic heterocycles. The van der Waals surface area contributed by atoms with E-state index in [0.29, 0.717) is 11.8 Å². The molecular formula is C20H23ClN6O. The molecule has 1 aromatic carbocycles. The van der Waals surface area contributed by atoms with Crippen molar-refractivity contribution in [3.8, 4) is 5.69 Å². The van der Waals surface area contributed by atoms with E-state index >= 15 is 0 Å². The van der Waals surface area contributed by atoms with Gasteiger partial charge in [-0.3, -0.25) is 14.3 Å². The highest BCUT2D eigenvalue weighted by Gasteiger charge is 2.55. The second-order valence-corrected chi connectivity index (χ2v) is 9.46. The Labute approximate surface area is 168 Å². The van der Waals surface area contributed by atoms with Gasteiger partial charge in [0.15, 0.2) is 5.82 Å². The first kappa shape index (κ1) is 16.8. The van der Waals surface area contributed by atoms with Gasteiger partial charge in [-0.1, -0.05) is 11.6 Å². The number of anilines is 1. The molecule has 1 aromatic heterocycles. The zero-order chi connectivity index (χ0) is 19.0. The van der Waals surface area contributed by atoms with Crippen LogP contribution in [-0.4, -0.2) is 63.7 Å². The first-order valence-electron chi connectivity index (χ1n) is 9.97. The number of amides is 1. The van der Waals surface area contributed by atoms with E-state index in [1.807, 2.05) is 17.0 Å². The van der Waals surface area contributed by atoms with Crippen molar-refractivity contribution >= 4 is 23.5 Å². The summed E-state index contributed by atoms with van der Waals surface area (Å²) < 4.78 is 2.19. The highest BCUT2D eigenvalue weighted by atomic mass is 35.5. The SMILES string of the molecule is CN1Cc2cc(Cl)ccc2-n2c(nnc2N2CC3(CN(C(=O)C4CC4)C3)C2)C1. The summed E-state index contributed by atoms with van der Waals surface area (Å²) in [6.45, 7) is 5.27. The molecule has 1 aliphatic carbocycles. The van der Waals surface area contributed by atoms with Crippen LogP contribution >= 0.6 is 11.6 Å². The summed E-state index contributed by atoms with van der Waals surface area (Å²) in [5, 5.41) is 9.77. The maximum atomic E-state index is 12.2. The van der Waals surface area contributed by atoms with E-state index in [0.717, 1.165) is 74.6 Å². The number of likely N-dealkylation sites (tertiary alicyclic amines) is 1. The van der Waals surface area contributed by atoms with Crippen LogP contribution in [0.2, 0.25) is 5.02 Å². The first-order chi connectivity index (χ1) is 13.5. The molecule has 0 bridgehead atoms. The van der Waals surface area contributed by atoms with Crippen LogP contribution in [0.3, 0.4) is 0 Å². The van der Waals surface area contributed by atoms with Crippen LogP contribution in [0, 0.1) is 11.3 Å². The van der Waals surface area contributed by atoms with Gasteiger partial charge in [0, 0.05) is 49.1 Å². The second kappa shape index (κ2) is 5.70. The Morgan fingerprint density at radius 3 is 2.68 bits per heavy atom. The summed E-state index contributed by atoms with van der Waals surface area (Å²) >= 11 is 6.25. The summed E-state index contributed by atoms with van der Waals surface area (Å²) in [4.78, 5) is 18.8. The van der Waals surface area contributed by atoms with Crippen LogP contribution in [0.5, 0.6) is 0 Å². The number of hydrogen-bond donors (Lipinski definition) is 0. The largest absolute Gasteiger partial charge is 0.341 e. The van der Waals surface area contributed by atoms with Gasteiger partial charge in [-0.25, -0.2) is 0 Å². The minimum Gasteiger partial charge on any atom is -0.341 e. The number of carbonyl (C=O) groups excluding carboxylic acids is 1. The maximum Gasteiger partial charge on any atom is 0.231 e. The van der Waals surface area contributed by atoms with Gasteiger partial charge in [-0.05, 0) is 43.7 Å². The lowest BCUT2D eigenvalue weighted by atomic mass is 9.73. The third-order valence-electron chi connectivity index (χ3n) is 6.47. The summed E-state index contributed by atoms with van der Waals surface area (Å²) in [6.07, 6.45) is 2.16. The number of aromatic nitrogens is 3. The van der Waals surface area contributed by atoms with Gasteiger partial charge in [0.05, 0.1) is 12.2 Å². The van der Waals surface area contributed by atoms with Crippen molar-refractivity contribution in [1.82, 2.24) is 24.6 Å². The summed E-state index contributed by atoms with van der Waals surface area (Å²) in [5.74, 6) is 2.56. The number of carbonyl (C=O) groups is 1. The predicted octanol–water partition coefficient (Wildman–Crippen LogP) is 1.92. The van der Waals surface area contributed by atoms with Crippen LogP contribution in [0.25, 0.3) is 5.69 Å². The van der Waals surface area contributed by atoms with E-state index in [-0.39, 0.29) is 5.41 Å². The number of fused-ring (bicyclic) bond motifs is 3. The molecule has 3 fully saturated rings. The normalized spacial score (nSPS) is 22.9. The zero-order valence-electron chi connectivity index (χ0n) is 15.9. The molecule has 7 nitrogen and oxygen atoms in total. The second-order valence-electron chi connectivity index (χ2n) is 9.02. The van der Waals surface area contributed by atoms with Gasteiger partial charge in [0.25, 0.3) is 0 Å². The fourth-order valence-corrected chi connectivity index (χ4v) is 5.16. The number of nitrogens with zero attached hydrogens (tertiary/aromatic N) is 6. The van der Waals surface area contributed by atoms with Crippen molar-refractivity contribution in [2.45, 2.75) is 25.9 Å². The van der Waals surface area contributed by atoms with Gasteiger partial charge in [-0.15, -0.1) is 10.2 Å². The van der Waals surface area contributed by atoms with Crippen LogP contribution in [0.15, 0.2) is 18.2 Å². The smallest absolute Gasteiger partial charge is 0.231 e. The number of hydrogen-bond acceptors (Lipinski definition) is 5. The Hall–Kier alpha value is -2.12. The third-order valence-corrected chi connectivity index (χ3v) is 6.71. The minimum atomic E-state index is 0.251. The molecule has 0 unspecified atom stereocenters. The Kier molecular flexibility index (Phi) is 3.42. The predicted molar refractivity (Wildman–Crippen MR) is 105 cm³/mol. The molecule has 1 saturated carbocycles. The van der Waals surface area contributed by atoms with Gasteiger partial charge in [-0.2, -0.15) is 0 Å². The fourth-order valence-electron chi connectivity index (χ4n) is 4.96. The van der Waals surface area contributed by atoms with Gasteiger partial charge >= 0.3 is 0 Å². The van der Waals surface area contributed by atoms with Crippen molar-refractivity contribution in [2.75, 3.05) is 38.1 Å². The van der Waals surface area contributed by atoms with Gasteiger partial charge in [0.2, 0.25) is 11.9 Å². The van der Waals surface area contributed by atoms with E-state index in [9.17, 15) is 4.79 Å². The van der Waals surface area contributed by atoms with E-state index in [1.54, 1.807) is 0 Å². The van der Waals surface area contributed by atoms with E-state index in [4.69, 9.17) is 11.6 Å². The lowest BCUT2D eigenvalue weighted by molar-refractivity contribution is -0.146. The van der Waals surface area contributed by atoms with Gasteiger partial charge < -0.3 is 9.80 Å². The highest BCUT2D eigenvalue weighted by Crippen LogP contribution is 2.44. The standard InChI is InChI=1S/C20H23ClN6O/c1-24-7-14-6-15(21)4-5-16(14)27-17(8-24)22-23-19(27)26-11-20(12-26)9-25(10-20)18(28)13-2-3-13/h4-6,13H,2-3,7-12H2,1H3. The van der Waals surface area contributed by atoms with Crippen LogP contribution in [0.4, 0.5) is 5.95 Å². The molecule has 0 N–H and O–H groups in total. The third kappa shape index (κ3) is 2.49. The van der Waals surface area contributed by atoms with Crippen LogP contribution in [0.1, 0.15) is 24.2 Å². The number of halogens is 1. The zero-order valence-corrected chi connectivity index (χ0v) is 16.7. The lowest BCUT2D eigenvalue weighted by Gasteiger charge is -2.60. The van der Waals surface area contributed by atoms with Gasteiger partial charge in [0.1, 0.15) is 0 Å². The molecule has 1 amide bonds. The summed E-state index contributed by atoms with van der Waals surface area (Å²) in [6, 6.07) is 6.05. The molecule has 6 rings (SSSR count). The lowest BCUT2D eigenvalue weighted by Crippen LogP contribution is -2.73. The average Bonchev–Trinajstić information content (AvgIpc) is 3.37. The molecular weight excluding hydrogens is 376 g/mol. The first-order valence-corrected chi connectivity index (χ1v) is 10.3. The monoisotopic (exact) mass is 398 g/mol. The molecule has 2 aromatic rings. The number of rotatable bonds is 2. The summed E-state index contributed by atoms with van der Waals surface area (Å²) in [5.41, 5.74) is 2.56. The maximum absolute atomic E-state index is 12.2. The van der Waals surface area contributed by atoms with Crippen molar-refractivity contribution < 1.29 is 4.79 Å². The summed E-state index contributed by atoms with van der Waals surface area (Å²) in [7, 11) is 2.09. The van der Waals surface area contributed by atoms with Crippen molar-refractivity contribution in [3.05, 3.63) is 34.6 Å². The van der Waals surface area contributed by atoms with Crippen LogP contribution < -0.4 is 4.90 Å². The molecule has 146 valence electrons. The molecule has 2 saturated heterocycles. The van der Waals surface area contributed by atoms with E-state index in [2.05, 4.69) is 37.7 Å². The van der Waals surface area contributed by atoms with E-state index in [1.165, 1.54) is 5.56 Å². The van der Waals surface area contributed by atoms with Crippen LogP contribution in [-0.2, 0) is 17.9 Å². The molecule has 0 radical (unpaired) electrons. The van der Waals surface area contributed by atoms with Crippen molar-refractivity contribution in [2.24, 2.45) is 11.3 Å². The Bertz CT molecular complexity index is 969. The van der Waals surface area contributed by atoms with Crippen molar-refractivity contribution in [3.63, 3.8) is 0 Å². The average molecular weight is 399 g/mol. The number of benzene rings is 1. The molecule has 4 aliphatic rings. The quantitative estimate of drug-likeness (QED) is 0.773. The molecule has 1 spiro atoms. The minimum absolute atomic E-state index is 0.251. The Morgan fingerprint density at radius 2 is 1.93 bits per heavy atom. The molecule has 28 heavy (non-hydrogen) atoms. The van der Waals surface area contributed by atoms with Crippen molar-refractivity contribution in [1.29, 1.82) is 0 Å². The Morgan fingerprint density at radius 1 is 1.14 bits per heavy atom.